The predicted molar refractivity (Wildman–Crippen MR) is 155 cm³/mol. The zero-order valence-corrected chi connectivity index (χ0v) is 25.9. The van der Waals surface area contributed by atoms with Crippen molar-refractivity contribution >= 4 is 49.1 Å². The van der Waals surface area contributed by atoms with Gasteiger partial charge in [0.2, 0.25) is 0 Å². The minimum absolute atomic E-state index is 0. The maximum absolute atomic E-state index is 5.76. The van der Waals surface area contributed by atoms with Gasteiger partial charge in [0.25, 0.3) is 0 Å². The van der Waals surface area contributed by atoms with E-state index in [-0.39, 0.29) is 31.0 Å². The third-order valence-corrected chi connectivity index (χ3v) is 6.04. The van der Waals surface area contributed by atoms with E-state index >= 15 is 0 Å². The molecule has 6 heteroatoms. The van der Waals surface area contributed by atoms with Crippen LogP contribution in [0.4, 0.5) is 11.4 Å². The van der Waals surface area contributed by atoms with Crippen molar-refractivity contribution in [1.29, 1.82) is 0 Å². The van der Waals surface area contributed by atoms with E-state index in [1.807, 2.05) is 37.3 Å². The first kappa shape index (κ1) is 31.4. The van der Waals surface area contributed by atoms with Crippen molar-refractivity contribution in [1.82, 2.24) is 9.97 Å². The topological polar surface area (TPSA) is 55.0 Å². The van der Waals surface area contributed by atoms with E-state index in [1.54, 1.807) is 0 Å². The molecule has 0 spiro atoms. The normalized spacial score (nSPS) is 10.0. The Morgan fingerprint density at radius 3 is 1.74 bits per heavy atom. The van der Waals surface area contributed by atoms with E-state index in [4.69, 9.17) is 10.7 Å². The van der Waals surface area contributed by atoms with Crippen molar-refractivity contribution < 1.29 is 31.0 Å². The predicted octanol–water partition coefficient (Wildman–Crippen LogP) is 5.20. The van der Waals surface area contributed by atoms with Gasteiger partial charge in [0, 0.05) is 40.6 Å². The molecule has 0 aliphatic heterocycles. The summed E-state index contributed by atoms with van der Waals surface area (Å²) >= 11 is 3.25. The van der Waals surface area contributed by atoms with Crippen LogP contribution in [0.5, 0.6) is 0 Å². The van der Waals surface area contributed by atoms with E-state index < -0.39 is 0 Å². The number of nitrogens with two attached hydrogens (primary N) is 1. The quantitative estimate of drug-likeness (QED) is 0.205. The van der Waals surface area contributed by atoms with Crippen molar-refractivity contribution in [2.24, 2.45) is 0 Å². The van der Waals surface area contributed by atoms with Gasteiger partial charge < -0.3 is 12.1 Å². The average Bonchev–Trinajstić information content (AvgIpc) is 2.85. The number of hydrogen-bond donors (Lipinski definition) is 1. The molecule has 0 saturated carbocycles. The van der Waals surface area contributed by atoms with E-state index in [0.29, 0.717) is 0 Å². The van der Waals surface area contributed by atoms with E-state index in [0.717, 1.165) is 51.9 Å². The molecule has 2 heterocycles. The first-order chi connectivity index (χ1) is 16.4. The Kier molecular flexibility index (Phi) is 15.2. The summed E-state index contributed by atoms with van der Waals surface area (Å²) in [6.45, 7) is 12.8. The number of hydrogen-bond acceptors (Lipinski definition) is 4. The molecule has 35 heavy (non-hydrogen) atoms. The van der Waals surface area contributed by atoms with Crippen LogP contribution in [0.3, 0.4) is 0 Å². The maximum atomic E-state index is 5.76. The number of benzene rings is 2. The van der Waals surface area contributed by atoms with Crippen LogP contribution in [0.15, 0.2) is 60.7 Å². The van der Waals surface area contributed by atoms with E-state index in [1.165, 1.54) is 30.3 Å². The second-order valence-corrected chi connectivity index (χ2v) is 9.14. The molecule has 4 aromatic rings. The van der Waals surface area contributed by atoms with Crippen LogP contribution < -0.4 is 40.2 Å². The van der Waals surface area contributed by atoms with Gasteiger partial charge in [-0.1, -0.05) is 73.1 Å². The molecule has 0 aliphatic rings. The molecular weight excluding hydrogens is 507 g/mol. The average molecular weight is 548 g/mol. The van der Waals surface area contributed by atoms with Crippen LogP contribution in [0.2, 0.25) is 0 Å². The smallest absolute Gasteiger partial charge is 1.00 e. The Bertz CT molecular complexity index is 1160. The molecule has 0 unspecified atom stereocenters. The van der Waals surface area contributed by atoms with Gasteiger partial charge in [0.05, 0.1) is 22.4 Å². The van der Waals surface area contributed by atoms with Crippen LogP contribution in [-0.4, -0.2) is 28.4 Å². The van der Waals surface area contributed by atoms with Gasteiger partial charge >= 0.3 is 29.6 Å². The minimum Gasteiger partial charge on any atom is -1.00 e. The number of halogens is 1. The number of rotatable bonds is 6. The molecule has 0 aliphatic carbocycles. The summed E-state index contributed by atoms with van der Waals surface area (Å²) in [5.41, 5.74) is 11.9. The van der Waals surface area contributed by atoms with Gasteiger partial charge in [-0.05, 0) is 57.4 Å². The summed E-state index contributed by atoms with van der Waals surface area (Å²) in [6.07, 6.45) is 3.57. The van der Waals surface area contributed by atoms with Gasteiger partial charge in [-0.25, -0.2) is 0 Å². The molecular formula is C29H40BrN4Na. The molecule has 184 valence electrons. The van der Waals surface area contributed by atoms with Crippen molar-refractivity contribution in [2.75, 3.05) is 29.1 Å². The number of anilines is 2. The molecule has 0 amide bonds. The summed E-state index contributed by atoms with van der Waals surface area (Å²) in [5, 5.41) is 3.46. The van der Waals surface area contributed by atoms with E-state index in [2.05, 4.69) is 83.8 Å². The summed E-state index contributed by atoms with van der Waals surface area (Å²) in [7, 11) is 0. The van der Waals surface area contributed by atoms with Crippen molar-refractivity contribution in [3.05, 3.63) is 72.1 Å². The SMILES string of the molecule is CCCBr.CCCN(CCC)c1cccc2ccc(C)nc12.Cc1ccc2cccc(N)c2n1.[H-].[Na+]. The summed E-state index contributed by atoms with van der Waals surface area (Å²) in [4.78, 5) is 11.5. The maximum Gasteiger partial charge on any atom is 1.00 e. The molecule has 2 aromatic heterocycles. The number of pyridine rings is 2. The van der Waals surface area contributed by atoms with Gasteiger partial charge in [0.1, 0.15) is 0 Å². The second-order valence-electron chi connectivity index (χ2n) is 8.35. The number of nitrogen functional groups attached to an aromatic ring is 1. The van der Waals surface area contributed by atoms with Crippen molar-refractivity contribution in [2.45, 2.75) is 53.9 Å². The number of fused-ring (bicyclic) bond motifs is 2. The molecule has 0 atom stereocenters. The number of nitrogens with zero attached hydrogens (tertiary/aromatic N) is 3. The Balaban J connectivity index is 0.000000592. The summed E-state index contributed by atoms with van der Waals surface area (Å²) in [6, 6.07) is 20.6. The van der Waals surface area contributed by atoms with Crippen LogP contribution in [0.1, 0.15) is 52.8 Å². The molecule has 2 aromatic carbocycles. The fourth-order valence-corrected chi connectivity index (χ4v) is 3.64. The van der Waals surface area contributed by atoms with Crippen LogP contribution >= 0.6 is 15.9 Å². The minimum atomic E-state index is 0. The number of aryl methyl sites for hydroxylation is 2. The second kappa shape index (κ2) is 16.9. The molecule has 0 fully saturated rings. The molecule has 2 N–H and O–H groups in total. The zero-order chi connectivity index (χ0) is 24.9. The fraction of sp³-hybridized carbons (Fsp3) is 0.379. The summed E-state index contributed by atoms with van der Waals surface area (Å²) in [5.74, 6) is 0. The van der Waals surface area contributed by atoms with Gasteiger partial charge in [-0.3, -0.25) is 9.97 Å². The van der Waals surface area contributed by atoms with Gasteiger partial charge in [-0.15, -0.1) is 0 Å². The number of alkyl halides is 1. The fourth-order valence-electron chi connectivity index (χ4n) is 3.64. The zero-order valence-electron chi connectivity index (χ0n) is 23.3. The first-order valence-electron chi connectivity index (χ1n) is 12.2. The van der Waals surface area contributed by atoms with Gasteiger partial charge in [-0.2, -0.15) is 0 Å². The van der Waals surface area contributed by atoms with Crippen molar-refractivity contribution in [3.8, 4) is 0 Å². The van der Waals surface area contributed by atoms with Crippen LogP contribution in [-0.2, 0) is 0 Å². The monoisotopic (exact) mass is 546 g/mol. The Morgan fingerprint density at radius 2 is 1.23 bits per heavy atom. The Labute approximate surface area is 243 Å². The van der Waals surface area contributed by atoms with Gasteiger partial charge in [0.15, 0.2) is 0 Å². The Morgan fingerprint density at radius 1 is 0.743 bits per heavy atom. The molecule has 4 rings (SSSR count). The Hall–Kier alpha value is -1.66. The molecule has 0 radical (unpaired) electrons. The largest absolute Gasteiger partial charge is 1.00 e. The summed E-state index contributed by atoms with van der Waals surface area (Å²) < 4.78 is 0. The van der Waals surface area contributed by atoms with Crippen LogP contribution in [0, 0.1) is 13.8 Å². The molecule has 0 bridgehead atoms. The standard InChI is InChI=1S/C16H22N2.C10H10N2.C3H7Br.Na.H/c1-4-11-18(12-5-2)15-8-6-7-14-10-9-13(3)17-16(14)15;1-7-5-6-8-3-2-4-9(11)10(8)12-7;1-2-3-4;;/h6-10H,4-5,11-12H2,1-3H3;2-6H,11H2,1H3;2-3H2,1H3;;/q;;;+1;-1. The number of aromatic nitrogens is 2. The number of para-hydroxylation sites is 2. The van der Waals surface area contributed by atoms with Crippen molar-refractivity contribution in [3.63, 3.8) is 0 Å². The van der Waals surface area contributed by atoms with Crippen LogP contribution in [0.25, 0.3) is 21.8 Å². The first-order valence-corrected chi connectivity index (χ1v) is 13.4. The third-order valence-electron chi connectivity index (χ3n) is 5.25. The van der Waals surface area contributed by atoms with E-state index in [9.17, 15) is 0 Å². The molecule has 0 saturated heterocycles. The molecule has 4 nitrogen and oxygen atoms in total. The third kappa shape index (κ3) is 9.72.